The standard InChI is InChI=1S/C29H34N4O7/c1-4-39-29(36)21-8-6-14-33(17-21)26(34)13-11-23-28(35)30-27(32-31-23)20-10-12-24(25(16-20)38-3)40-18-19-7-5-9-22(15-19)37-2/h5,7,9-10,12,15-16,21H,4,6,8,11,13-14,17-18H2,1-3H3,(H,30,32,35). The molecule has 1 aliphatic rings. The molecule has 0 radical (unpaired) electrons. The number of esters is 1. The summed E-state index contributed by atoms with van der Waals surface area (Å²) in [5.41, 5.74) is 1.28. The Morgan fingerprint density at radius 3 is 2.67 bits per heavy atom. The number of aryl methyl sites for hydroxylation is 1. The van der Waals surface area contributed by atoms with Crippen LogP contribution in [0.2, 0.25) is 0 Å². The fraction of sp³-hybridized carbons (Fsp3) is 0.414. The number of hydrogen-bond acceptors (Lipinski definition) is 9. The number of ether oxygens (including phenoxy) is 4. The van der Waals surface area contributed by atoms with Crippen LogP contribution < -0.4 is 19.8 Å². The van der Waals surface area contributed by atoms with E-state index in [1.54, 1.807) is 37.1 Å². The number of aromatic nitrogens is 3. The fourth-order valence-corrected chi connectivity index (χ4v) is 4.55. The highest BCUT2D eigenvalue weighted by molar-refractivity contribution is 5.78. The highest BCUT2D eigenvalue weighted by atomic mass is 16.5. The predicted octanol–water partition coefficient (Wildman–Crippen LogP) is 3.16. The van der Waals surface area contributed by atoms with E-state index in [1.165, 1.54) is 7.11 Å². The Morgan fingerprint density at radius 2 is 1.93 bits per heavy atom. The van der Waals surface area contributed by atoms with Crippen molar-refractivity contribution in [3.05, 3.63) is 64.1 Å². The van der Waals surface area contributed by atoms with Crippen molar-refractivity contribution in [1.29, 1.82) is 0 Å². The lowest BCUT2D eigenvalue weighted by Gasteiger charge is -2.31. The van der Waals surface area contributed by atoms with E-state index in [0.717, 1.165) is 17.7 Å². The van der Waals surface area contributed by atoms with E-state index in [-0.39, 0.29) is 42.2 Å². The Kier molecular flexibility index (Phi) is 9.71. The van der Waals surface area contributed by atoms with Crippen LogP contribution in [0.1, 0.15) is 37.4 Å². The van der Waals surface area contributed by atoms with Gasteiger partial charge in [-0.1, -0.05) is 12.1 Å². The molecule has 0 bridgehead atoms. The van der Waals surface area contributed by atoms with Crippen LogP contribution in [0, 0.1) is 5.92 Å². The van der Waals surface area contributed by atoms with Gasteiger partial charge in [0.1, 0.15) is 18.1 Å². The number of carbonyl (C=O) groups is 2. The summed E-state index contributed by atoms with van der Waals surface area (Å²) in [6.07, 6.45) is 1.68. The molecule has 1 atom stereocenters. The van der Waals surface area contributed by atoms with Crippen LogP contribution in [0.15, 0.2) is 47.3 Å². The van der Waals surface area contributed by atoms with Gasteiger partial charge < -0.3 is 28.8 Å². The van der Waals surface area contributed by atoms with E-state index in [9.17, 15) is 14.4 Å². The number of nitrogens with one attached hydrogen (secondary N) is 1. The van der Waals surface area contributed by atoms with Gasteiger partial charge in [-0.25, -0.2) is 0 Å². The molecule has 4 rings (SSSR count). The second-order valence-corrected chi connectivity index (χ2v) is 9.39. The Hall–Kier alpha value is -4.41. The van der Waals surface area contributed by atoms with Gasteiger partial charge in [0.15, 0.2) is 17.3 Å². The van der Waals surface area contributed by atoms with Gasteiger partial charge in [-0.15, -0.1) is 10.2 Å². The number of rotatable bonds is 11. The summed E-state index contributed by atoms with van der Waals surface area (Å²) in [5, 5.41) is 8.26. The van der Waals surface area contributed by atoms with E-state index in [4.69, 9.17) is 18.9 Å². The van der Waals surface area contributed by atoms with E-state index < -0.39 is 5.56 Å². The molecule has 40 heavy (non-hydrogen) atoms. The van der Waals surface area contributed by atoms with Crippen molar-refractivity contribution >= 4 is 11.9 Å². The molecule has 0 spiro atoms. The first-order valence-corrected chi connectivity index (χ1v) is 13.3. The van der Waals surface area contributed by atoms with Crippen molar-refractivity contribution in [2.45, 2.75) is 39.2 Å². The first-order chi connectivity index (χ1) is 19.4. The molecule has 1 aliphatic heterocycles. The molecule has 1 N–H and O–H groups in total. The minimum absolute atomic E-state index is 0.0970. The van der Waals surface area contributed by atoms with Gasteiger partial charge in [0.2, 0.25) is 5.91 Å². The van der Waals surface area contributed by atoms with Crippen LogP contribution in [0.3, 0.4) is 0 Å². The number of likely N-dealkylation sites (tertiary alicyclic amines) is 1. The smallest absolute Gasteiger partial charge is 0.310 e. The first kappa shape index (κ1) is 28.6. The number of H-pyrrole nitrogens is 1. The lowest BCUT2D eigenvalue weighted by atomic mass is 9.98. The Labute approximate surface area is 232 Å². The second kappa shape index (κ2) is 13.6. The number of hydrogen-bond donors (Lipinski definition) is 1. The maximum atomic E-state index is 12.8. The number of nitrogens with zero attached hydrogens (tertiary/aromatic N) is 3. The van der Waals surface area contributed by atoms with Gasteiger partial charge in [0.25, 0.3) is 5.56 Å². The fourth-order valence-electron chi connectivity index (χ4n) is 4.55. The number of amides is 1. The van der Waals surface area contributed by atoms with Crippen LogP contribution in [-0.4, -0.2) is 65.9 Å². The molecule has 2 heterocycles. The average Bonchev–Trinajstić information content (AvgIpc) is 2.99. The zero-order valence-electron chi connectivity index (χ0n) is 23.0. The number of methoxy groups -OCH3 is 2. The SMILES string of the molecule is CCOC(=O)C1CCCN(C(=O)CCc2nnc(-c3ccc(OCc4cccc(OC)c4)c(OC)c3)[nH]c2=O)C1. The number of benzene rings is 2. The van der Waals surface area contributed by atoms with Crippen molar-refractivity contribution in [2.24, 2.45) is 5.92 Å². The molecule has 0 saturated carbocycles. The van der Waals surface area contributed by atoms with E-state index in [2.05, 4.69) is 15.2 Å². The second-order valence-electron chi connectivity index (χ2n) is 9.39. The van der Waals surface area contributed by atoms with Gasteiger partial charge in [-0.05, 0) is 55.7 Å². The molecule has 1 saturated heterocycles. The highest BCUT2D eigenvalue weighted by Gasteiger charge is 2.29. The average molecular weight is 551 g/mol. The van der Waals surface area contributed by atoms with Crippen LogP contribution >= 0.6 is 0 Å². The Bertz CT molecular complexity index is 1390. The van der Waals surface area contributed by atoms with Crippen LogP contribution in [-0.2, 0) is 27.4 Å². The maximum Gasteiger partial charge on any atom is 0.310 e. The predicted molar refractivity (Wildman–Crippen MR) is 146 cm³/mol. The van der Waals surface area contributed by atoms with Crippen molar-refractivity contribution in [3.63, 3.8) is 0 Å². The largest absolute Gasteiger partial charge is 0.497 e. The molecule has 11 heteroatoms. The van der Waals surface area contributed by atoms with Gasteiger partial charge in [0, 0.05) is 31.5 Å². The quantitative estimate of drug-likeness (QED) is 0.358. The number of carbonyl (C=O) groups excluding carboxylic acids is 2. The van der Waals surface area contributed by atoms with Crippen molar-refractivity contribution in [3.8, 4) is 28.6 Å². The normalized spacial score (nSPS) is 14.9. The summed E-state index contributed by atoms with van der Waals surface area (Å²) in [6.45, 7) is 3.31. The number of aromatic amines is 1. The molecular formula is C29H34N4O7. The molecule has 0 aliphatic carbocycles. The monoisotopic (exact) mass is 550 g/mol. The highest BCUT2D eigenvalue weighted by Crippen LogP contribution is 2.32. The molecule has 11 nitrogen and oxygen atoms in total. The molecule has 3 aromatic rings. The zero-order chi connectivity index (χ0) is 28.5. The minimum Gasteiger partial charge on any atom is -0.497 e. The summed E-state index contributed by atoms with van der Waals surface area (Å²) < 4.78 is 21.8. The molecule has 1 unspecified atom stereocenters. The van der Waals surface area contributed by atoms with Crippen LogP contribution in [0.4, 0.5) is 0 Å². The van der Waals surface area contributed by atoms with Crippen molar-refractivity contribution in [2.75, 3.05) is 33.9 Å². The zero-order valence-corrected chi connectivity index (χ0v) is 23.0. The minimum atomic E-state index is -0.418. The summed E-state index contributed by atoms with van der Waals surface area (Å²) in [7, 11) is 3.14. The summed E-state index contributed by atoms with van der Waals surface area (Å²) >= 11 is 0. The van der Waals surface area contributed by atoms with Crippen molar-refractivity contribution < 1.29 is 28.5 Å². The Balaban J connectivity index is 1.37. The van der Waals surface area contributed by atoms with Crippen molar-refractivity contribution in [1.82, 2.24) is 20.1 Å². The van der Waals surface area contributed by atoms with Gasteiger partial charge in [0.05, 0.1) is 26.7 Å². The Morgan fingerprint density at radius 1 is 1.07 bits per heavy atom. The third-order valence-electron chi connectivity index (χ3n) is 6.70. The van der Waals surface area contributed by atoms with Crippen LogP contribution in [0.25, 0.3) is 11.4 Å². The molecule has 212 valence electrons. The lowest BCUT2D eigenvalue weighted by Crippen LogP contribution is -2.43. The topological polar surface area (TPSA) is 133 Å². The van der Waals surface area contributed by atoms with E-state index >= 15 is 0 Å². The molecule has 2 aromatic carbocycles. The molecule has 1 amide bonds. The molecular weight excluding hydrogens is 516 g/mol. The summed E-state index contributed by atoms with van der Waals surface area (Å²) in [6, 6.07) is 12.8. The van der Waals surface area contributed by atoms with Crippen LogP contribution in [0.5, 0.6) is 17.2 Å². The molecule has 1 aromatic heterocycles. The van der Waals surface area contributed by atoms with Gasteiger partial charge >= 0.3 is 5.97 Å². The summed E-state index contributed by atoms with van der Waals surface area (Å²) in [5.74, 6) is 1.30. The summed E-state index contributed by atoms with van der Waals surface area (Å²) in [4.78, 5) is 42.0. The number of piperidine rings is 1. The molecule has 1 fully saturated rings. The van der Waals surface area contributed by atoms with E-state index in [0.29, 0.717) is 49.8 Å². The van der Waals surface area contributed by atoms with Gasteiger partial charge in [-0.2, -0.15) is 0 Å². The first-order valence-electron chi connectivity index (χ1n) is 13.3. The van der Waals surface area contributed by atoms with Gasteiger partial charge in [-0.3, -0.25) is 14.4 Å². The maximum absolute atomic E-state index is 12.8. The third kappa shape index (κ3) is 7.16. The third-order valence-corrected chi connectivity index (χ3v) is 6.70. The van der Waals surface area contributed by atoms with E-state index in [1.807, 2.05) is 24.3 Å². The lowest BCUT2D eigenvalue weighted by molar-refractivity contribution is -0.151.